The van der Waals surface area contributed by atoms with Gasteiger partial charge in [0.1, 0.15) is 11.6 Å². The molecule has 3 rings (SSSR count). The summed E-state index contributed by atoms with van der Waals surface area (Å²) >= 11 is 5.79. The van der Waals surface area contributed by atoms with Crippen molar-refractivity contribution in [3.63, 3.8) is 0 Å². The van der Waals surface area contributed by atoms with Crippen LogP contribution in [0.1, 0.15) is 28.5 Å². The van der Waals surface area contributed by atoms with E-state index in [-0.39, 0.29) is 22.7 Å². The molecule has 2 aromatic rings. The summed E-state index contributed by atoms with van der Waals surface area (Å²) in [6, 6.07) is 8.26. The summed E-state index contributed by atoms with van der Waals surface area (Å²) in [6.07, 6.45) is 0.977. The smallest absolute Gasteiger partial charge is 0.269 e. The van der Waals surface area contributed by atoms with Gasteiger partial charge in [-0.2, -0.15) is 0 Å². The van der Waals surface area contributed by atoms with Crippen LogP contribution in [-0.4, -0.2) is 41.1 Å². The van der Waals surface area contributed by atoms with Crippen LogP contribution < -0.4 is 11.1 Å². The number of hydrogen-bond acceptors (Lipinski definition) is 5. The number of anilines is 1. The molecule has 2 atom stereocenters. The van der Waals surface area contributed by atoms with Gasteiger partial charge in [-0.25, -0.2) is 4.39 Å². The van der Waals surface area contributed by atoms with Gasteiger partial charge in [0.2, 0.25) is 0 Å². The minimum Gasteiger partial charge on any atom is -0.368 e. The predicted octanol–water partition coefficient (Wildman–Crippen LogP) is 2.47. The first-order valence-electron chi connectivity index (χ1n) is 7.98. The summed E-state index contributed by atoms with van der Waals surface area (Å²) in [6.45, 7) is 1.58. The topological polar surface area (TPSA) is 84.1 Å². The molecule has 2 heterocycles. The molecule has 0 bridgehead atoms. The lowest BCUT2D eigenvalue weighted by Gasteiger charge is -2.26. The molecule has 0 spiro atoms. The lowest BCUT2D eigenvalue weighted by atomic mass is 9.93. The third-order valence-electron chi connectivity index (χ3n) is 4.52. The van der Waals surface area contributed by atoms with Crippen molar-refractivity contribution in [3.8, 4) is 0 Å². The number of aromatic nitrogens is 2. The van der Waals surface area contributed by atoms with Crippen molar-refractivity contribution >= 4 is 23.3 Å². The molecule has 1 fully saturated rings. The molecule has 0 saturated carbocycles. The number of halogens is 2. The molecule has 132 valence electrons. The molecule has 1 saturated heterocycles. The maximum Gasteiger partial charge on any atom is 0.269 e. The van der Waals surface area contributed by atoms with Crippen molar-refractivity contribution in [1.82, 2.24) is 15.1 Å². The Morgan fingerprint density at radius 3 is 2.84 bits per heavy atom. The van der Waals surface area contributed by atoms with Crippen molar-refractivity contribution in [2.75, 3.05) is 25.5 Å². The number of nitrogens with zero attached hydrogens (tertiary/aromatic N) is 3. The molecule has 0 aliphatic carbocycles. The van der Waals surface area contributed by atoms with Gasteiger partial charge < -0.3 is 11.1 Å². The molecule has 6 nitrogen and oxygen atoms in total. The first-order valence-corrected chi connectivity index (χ1v) is 8.36. The molecular formula is C17H19ClFN5O. The van der Waals surface area contributed by atoms with Gasteiger partial charge in [0.05, 0.1) is 5.02 Å². The lowest BCUT2D eigenvalue weighted by molar-refractivity contribution is 0.0994. The van der Waals surface area contributed by atoms with Gasteiger partial charge >= 0.3 is 0 Å². The molecule has 1 aliphatic heterocycles. The minimum absolute atomic E-state index is 0.0946. The summed E-state index contributed by atoms with van der Waals surface area (Å²) in [5.41, 5.74) is 6.18. The minimum atomic E-state index is -0.610. The third kappa shape index (κ3) is 3.88. The van der Waals surface area contributed by atoms with E-state index in [0.717, 1.165) is 18.5 Å². The molecular weight excluding hydrogens is 345 g/mol. The maximum absolute atomic E-state index is 13.8. The molecule has 2 unspecified atom stereocenters. The second kappa shape index (κ2) is 7.33. The van der Waals surface area contributed by atoms with Crippen LogP contribution in [-0.2, 0) is 0 Å². The lowest BCUT2D eigenvalue weighted by Crippen LogP contribution is -2.25. The first-order chi connectivity index (χ1) is 12.0. The predicted molar refractivity (Wildman–Crippen MR) is 93.9 cm³/mol. The van der Waals surface area contributed by atoms with Crippen LogP contribution in [0.2, 0.25) is 5.02 Å². The Bertz CT molecular complexity index is 770. The van der Waals surface area contributed by atoms with Gasteiger partial charge in [-0.3, -0.25) is 9.69 Å². The fourth-order valence-electron chi connectivity index (χ4n) is 3.26. The Balaban J connectivity index is 1.70. The highest BCUT2D eigenvalue weighted by Crippen LogP contribution is 2.37. The molecule has 1 aromatic carbocycles. The summed E-state index contributed by atoms with van der Waals surface area (Å²) in [5.74, 6) is -0.163. The number of benzene rings is 1. The number of hydrogen-bond donors (Lipinski definition) is 2. The molecule has 1 aliphatic rings. The van der Waals surface area contributed by atoms with Crippen LogP contribution in [0, 0.1) is 11.7 Å². The third-order valence-corrected chi connectivity index (χ3v) is 4.83. The first kappa shape index (κ1) is 17.6. The number of carbonyl (C=O) groups is 1. The van der Waals surface area contributed by atoms with Gasteiger partial charge in [0, 0.05) is 12.6 Å². The van der Waals surface area contributed by atoms with Crippen LogP contribution in [0.4, 0.5) is 10.2 Å². The van der Waals surface area contributed by atoms with Gasteiger partial charge in [-0.05, 0) is 55.8 Å². The van der Waals surface area contributed by atoms with Gasteiger partial charge in [-0.1, -0.05) is 17.7 Å². The van der Waals surface area contributed by atoms with E-state index in [4.69, 9.17) is 17.3 Å². The number of primary amides is 1. The van der Waals surface area contributed by atoms with E-state index in [1.54, 1.807) is 12.1 Å². The van der Waals surface area contributed by atoms with Crippen molar-refractivity contribution in [2.24, 2.45) is 11.7 Å². The molecule has 1 aromatic heterocycles. The Morgan fingerprint density at radius 2 is 2.20 bits per heavy atom. The monoisotopic (exact) mass is 363 g/mol. The molecule has 25 heavy (non-hydrogen) atoms. The zero-order chi connectivity index (χ0) is 18.0. The molecule has 1 amide bonds. The van der Waals surface area contributed by atoms with Crippen LogP contribution in [0.5, 0.6) is 0 Å². The number of likely N-dealkylation sites (tertiary alicyclic amines) is 1. The van der Waals surface area contributed by atoms with Crippen LogP contribution in [0.25, 0.3) is 0 Å². The van der Waals surface area contributed by atoms with Crippen molar-refractivity contribution in [2.45, 2.75) is 12.5 Å². The Kier molecular flexibility index (Phi) is 5.15. The fraction of sp³-hybridized carbons (Fsp3) is 0.353. The quantitative estimate of drug-likeness (QED) is 0.852. The molecule has 3 N–H and O–H groups in total. The number of rotatable bonds is 5. The van der Waals surface area contributed by atoms with Crippen LogP contribution >= 0.6 is 11.6 Å². The van der Waals surface area contributed by atoms with E-state index in [1.807, 2.05) is 13.1 Å². The Hall–Kier alpha value is -2.25. The zero-order valence-corrected chi connectivity index (χ0v) is 14.5. The zero-order valence-electron chi connectivity index (χ0n) is 13.7. The van der Waals surface area contributed by atoms with Crippen molar-refractivity contribution < 1.29 is 9.18 Å². The van der Waals surface area contributed by atoms with Crippen LogP contribution in [0.15, 0.2) is 30.3 Å². The number of nitrogens with one attached hydrogen (secondary N) is 1. The Labute approximate surface area is 150 Å². The highest BCUT2D eigenvalue weighted by atomic mass is 35.5. The average Bonchev–Trinajstić information content (AvgIpc) is 2.96. The maximum atomic E-state index is 13.8. The van der Waals surface area contributed by atoms with E-state index in [2.05, 4.69) is 20.4 Å². The Morgan fingerprint density at radius 1 is 1.40 bits per heavy atom. The summed E-state index contributed by atoms with van der Waals surface area (Å²) in [5, 5.41) is 11.1. The molecule has 0 radical (unpaired) electrons. The van der Waals surface area contributed by atoms with E-state index in [0.29, 0.717) is 12.4 Å². The second-order valence-electron chi connectivity index (χ2n) is 6.20. The van der Waals surface area contributed by atoms with E-state index < -0.39 is 11.7 Å². The highest BCUT2D eigenvalue weighted by molar-refractivity contribution is 6.30. The van der Waals surface area contributed by atoms with Crippen molar-refractivity contribution in [3.05, 3.63) is 52.4 Å². The highest BCUT2D eigenvalue weighted by Gasteiger charge is 2.33. The van der Waals surface area contributed by atoms with Gasteiger partial charge in [0.15, 0.2) is 5.69 Å². The van der Waals surface area contributed by atoms with E-state index in [9.17, 15) is 9.18 Å². The van der Waals surface area contributed by atoms with Crippen molar-refractivity contribution in [1.29, 1.82) is 0 Å². The van der Waals surface area contributed by atoms with Gasteiger partial charge in [-0.15, -0.1) is 10.2 Å². The standard InChI is InChI=1S/C17H19ClFN5O/c1-24-7-6-11(16(24)10-2-3-12(18)13(19)8-10)9-21-15-5-4-14(17(20)25)22-23-15/h2-5,8,11,16H,6-7,9H2,1H3,(H2,20,25)(H,21,23). The normalized spacial score (nSPS) is 20.6. The summed E-state index contributed by atoms with van der Waals surface area (Å²) < 4.78 is 13.8. The van der Waals surface area contributed by atoms with E-state index in [1.165, 1.54) is 12.1 Å². The fourth-order valence-corrected chi connectivity index (χ4v) is 3.37. The summed E-state index contributed by atoms with van der Waals surface area (Å²) in [7, 11) is 2.03. The number of amides is 1. The van der Waals surface area contributed by atoms with Gasteiger partial charge in [0.25, 0.3) is 5.91 Å². The molecule has 8 heteroatoms. The second-order valence-corrected chi connectivity index (χ2v) is 6.60. The number of nitrogens with two attached hydrogens (primary N) is 1. The average molecular weight is 364 g/mol. The summed E-state index contributed by atoms with van der Waals surface area (Å²) in [4.78, 5) is 13.2. The van der Waals surface area contributed by atoms with E-state index >= 15 is 0 Å². The van der Waals surface area contributed by atoms with Crippen LogP contribution in [0.3, 0.4) is 0 Å². The largest absolute Gasteiger partial charge is 0.368 e. The SMILES string of the molecule is CN1CCC(CNc2ccc(C(N)=O)nn2)C1c1ccc(Cl)c(F)c1. The number of carbonyl (C=O) groups excluding carboxylic acids is 1.